The molecule has 0 aliphatic heterocycles. The second-order valence-corrected chi connectivity index (χ2v) is 1.84. The zero-order valence-electron chi connectivity index (χ0n) is 5.26. The van der Waals surface area contributed by atoms with Gasteiger partial charge in [-0.3, -0.25) is 0 Å². The molecule has 1 nitrogen and oxygen atoms in total. The van der Waals surface area contributed by atoms with E-state index in [0.29, 0.717) is 0 Å². The molecule has 1 heterocycles. The van der Waals surface area contributed by atoms with Gasteiger partial charge in [0.2, 0.25) is 5.95 Å². The van der Waals surface area contributed by atoms with E-state index in [1.165, 1.54) is 6.07 Å². The third-order valence-electron chi connectivity index (χ3n) is 1.20. The summed E-state index contributed by atoms with van der Waals surface area (Å²) in [5.41, 5.74) is 1.07. The van der Waals surface area contributed by atoms with Crippen LogP contribution in [0.2, 0.25) is 0 Å². The number of halogens is 1. The summed E-state index contributed by atoms with van der Waals surface area (Å²) in [6, 6.07) is 3.11. The van der Waals surface area contributed by atoms with Crippen molar-refractivity contribution in [2.45, 2.75) is 13.3 Å². The van der Waals surface area contributed by atoms with Crippen molar-refractivity contribution in [3.05, 3.63) is 29.8 Å². The van der Waals surface area contributed by atoms with Crippen LogP contribution in [-0.4, -0.2) is 4.98 Å². The summed E-state index contributed by atoms with van der Waals surface area (Å²) in [7, 11) is 0. The normalized spacial score (nSPS) is 9.56. The van der Waals surface area contributed by atoms with Gasteiger partial charge in [-0.25, -0.2) is 4.98 Å². The first-order valence-corrected chi connectivity index (χ1v) is 2.93. The zero-order valence-corrected chi connectivity index (χ0v) is 5.26. The van der Waals surface area contributed by atoms with Crippen molar-refractivity contribution < 1.29 is 4.39 Å². The van der Waals surface area contributed by atoms with Crippen molar-refractivity contribution in [3.63, 3.8) is 0 Å². The summed E-state index contributed by atoms with van der Waals surface area (Å²) in [5.74, 6) is -0.410. The molecule has 0 radical (unpaired) electrons. The number of aryl methyl sites for hydroxylation is 1. The highest BCUT2D eigenvalue weighted by atomic mass is 19.1. The highest BCUT2D eigenvalue weighted by molar-refractivity contribution is 5.08. The number of hydrogen-bond donors (Lipinski definition) is 0. The zero-order chi connectivity index (χ0) is 6.69. The number of rotatable bonds is 1. The minimum absolute atomic E-state index is 0.410. The fourth-order valence-corrected chi connectivity index (χ4v) is 0.616. The van der Waals surface area contributed by atoms with Crippen LogP contribution in [0, 0.1) is 5.95 Å². The van der Waals surface area contributed by atoms with E-state index >= 15 is 0 Å². The van der Waals surface area contributed by atoms with E-state index in [9.17, 15) is 4.39 Å². The molecule has 0 unspecified atom stereocenters. The van der Waals surface area contributed by atoms with Gasteiger partial charge in [0.1, 0.15) is 0 Å². The fourth-order valence-electron chi connectivity index (χ4n) is 0.616. The Kier molecular flexibility index (Phi) is 1.78. The molecule has 0 fully saturated rings. The molecule has 0 amide bonds. The lowest BCUT2D eigenvalue weighted by Crippen LogP contribution is -1.84. The monoisotopic (exact) mass is 125 g/mol. The van der Waals surface area contributed by atoms with Gasteiger partial charge in [-0.1, -0.05) is 13.0 Å². The Morgan fingerprint density at radius 2 is 2.33 bits per heavy atom. The lowest BCUT2D eigenvalue weighted by Gasteiger charge is -1.91. The van der Waals surface area contributed by atoms with Crippen molar-refractivity contribution in [3.8, 4) is 0 Å². The molecule has 1 aromatic heterocycles. The molecule has 1 rings (SSSR count). The maximum Gasteiger partial charge on any atom is 0.212 e. The van der Waals surface area contributed by atoms with E-state index < -0.39 is 5.95 Å². The van der Waals surface area contributed by atoms with Crippen LogP contribution in [0.25, 0.3) is 0 Å². The first-order chi connectivity index (χ1) is 4.33. The maximum atomic E-state index is 12.1. The molecule has 0 atom stereocenters. The van der Waals surface area contributed by atoms with Crippen LogP contribution in [-0.2, 0) is 6.42 Å². The minimum atomic E-state index is -0.410. The molecule has 0 N–H and O–H groups in total. The third-order valence-corrected chi connectivity index (χ3v) is 1.20. The van der Waals surface area contributed by atoms with Crippen molar-refractivity contribution in [1.29, 1.82) is 0 Å². The number of hydrogen-bond acceptors (Lipinski definition) is 1. The average molecular weight is 125 g/mol. The molecular weight excluding hydrogens is 117 g/mol. The summed E-state index contributed by atoms with van der Waals surface area (Å²) >= 11 is 0. The van der Waals surface area contributed by atoms with E-state index in [1.54, 1.807) is 12.3 Å². The van der Waals surface area contributed by atoms with Gasteiger partial charge in [0.15, 0.2) is 0 Å². The average Bonchev–Trinajstić information content (AvgIpc) is 1.90. The lowest BCUT2D eigenvalue weighted by molar-refractivity contribution is 0.582. The third kappa shape index (κ3) is 1.49. The van der Waals surface area contributed by atoms with Crippen LogP contribution in [0.3, 0.4) is 0 Å². The summed E-state index contributed by atoms with van der Waals surface area (Å²) in [6.07, 6.45) is 2.46. The van der Waals surface area contributed by atoms with Crippen LogP contribution >= 0.6 is 0 Å². The Labute approximate surface area is 53.5 Å². The van der Waals surface area contributed by atoms with E-state index in [4.69, 9.17) is 0 Å². The van der Waals surface area contributed by atoms with Crippen LogP contribution in [0.1, 0.15) is 12.5 Å². The maximum absolute atomic E-state index is 12.1. The van der Waals surface area contributed by atoms with E-state index in [2.05, 4.69) is 4.98 Å². The Balaban J connectivity index is 2.88. The van der Waals surface area contributed by atoms with Crippen molar-refractivity contribution in [1.82, 2.24) is 4.98 Å². The number of pyridine rings is 1. The molecule has 1 aromatic rings. The molecule has 0 saturated heterocycles. The first kappa shape index (κ1) is 6.20. The van der Waals surface area contributed by atoms with Crippen LogP contribution in [0.4, 0.5) is 4.39 Å². The van der Waals surface area contributed by atoms with Gasteiger partial charge >= 0.3 is 0 Å². The Hall–Kier alpha value is -0.920. The SMILES string of the molecule is CCc1ccc(F)nc1. The second-order valence-electron chi connectivity index (χ2n) is 1.84. The quantitative estimate of drug-likeness (QED) is 0.521. The molecule has 48 valence electrons. The van der Waals surface area contributed by atoms with Gasteiger partial charge in [0.05, 0.1) is 0 Å². The Morgan fingerprint density at radius 3 is 2.78 bits per heavy atom. The molecule has 0 aliphatic rings. The number of nitrogens with zero attached hydrogens (tertiary/aromatic N) is 1. The summed E-state index contributed by atoms with van der Waals surface area (Å²) in [6.45, 7) is 2.01. The minimum Gasteiger partial charge on any atom is -0.228 e. The van der Waals surface area contributed by atoms with Crippen molar-refractivity contribution >= 4 is 0 Å². The van der Waals surface area contributed by atoms with Gasteiger partial charge in [0.25, 0.3) is 0 Å². The predicted molar refractivity (Wildman–Crippen MR) is 33.6 cm³/mol. The first-order valence-electron chi connectivity index (χ1n) is 2.93. The van der Waals surface area contributed by atoms with E-state index in [1.807, 2.05) is 6.92 Å². The molecular formula is C7H8FN. The van der Waals surface area contributed by atoms with E-state index in [0.717, 1.165) is 12.0 Å². The van der Waals surface area contributed by atoms with Crippen LogP contribution < -0.4 is 0 Å². The lowest BCUT2D eigenvalue weighted by atomic mass is 10.2. The molecule has 0 spiro atoms. The van der Waals surface area contributed by atoms with Crippen LogP contribution in [0.15, 0.2) is 18.3 Å². The highest BCUT2D eigenvalue weighted by Gasteiger charge is 1.89. The molecule has 0 aromatic carbocycles. The Morgan fingerprint density at radius 1 is 1.56 bits per heavy atom. The van der Waals surface area contributed by atoms with Gasteiger partial charge in [-0.05, 0) is 18.1 Å². The molecule has 0 bridgehead atoms. The summed E-state index contributed by atoms with van der Waals surface area (Å²) < 4.78 is 12.1. The molecule has 2 heteroatoms. The standard InChI is InChI=1S/C7H8FN/c1-2-6-3-4-7(8)9-5-6/h3-5H,2H2,1H3. The molecule has 0 aliphatic carbocycles. The number of aromatic nitrogens is 1. The largest absolute Gasteiger partial charge is 0.228 e. The van der Waals surface area contributed by atoms with Gasteiger partial charge in [-0.15, -0.1) is 0 Å². The van der Waals surface area contributed by atoms with Gasteiger partial charge in [0, 0.05) is 6.20 Å². The van der Waals surface area contributed by atoms with Crippen molar-refractivity contribution in [2.75, 3.05) is 0 Å². The van der Waals surface area contributed by atoms with Crippen LogP contribution in [0.5, 0.6) is 0 Å². The van der Waals surface area contributed by atoms with E-state index in [-0.39, 0.29) is 0 Å². The summed E-state index contributed by atoms with van der Waals surface area (Å²) in [5, 5.41) is 0. The van der Waals surface area contributed by atoms with Gasteiger partial charge < -0.3 is 0 Å². The second kappa shape index (κ2) is 2.58. The summed E-state index contributed by atoms with van der Waals surface area (Å²) in [4.78, 5) is 3.48. The van der Waals surface area contributed by atoms with Crippen molar-refractivity contribution in [2.24, 2.45) is 0 Å². The smallest absolute Gasteiger partial charge is 0.212 e. The highest BCUT2D eigenvalue weighted by Crippen LogP contribution is 1.98. The molecule has 0 saturated carbocycles. The fraction of sp³-hybridized carbons (Fsp3) is 0.286. The topological polar surface area (TPSA) is 12.9 Å². The predicted octanol–water partition coefficient (Wildman–Crippen LogP) is 1.78. The van der Waals surface area contributed by atoms with Gasteiger partial charge in [-0.2, -0.15) is 4.39 Å². The molecule has 9 heavy (non-hydrogen) atoms. The Bertz CT molecular complexity index is 181.